The van der Waals surface area contributed by atoms with E-state index in [-0.39, 0.29) is 24.4 Å². The van der Waals surface area contributed by atoms with Crippen molar-refractivity contribution in [2.75, 3.05) is 0 Å². The second-order valence-corrected chi connectivity index (χ2v) is 8.18. The van der Waals surface area contributed by atoms with Crippen LogP contribution in [-0.2, 0) is 14.3 Å². The number of ketones is 1. The molecule has 3 aliphatic rings. The Bertz CT molecular complexity index is 778. The molecule has 0 unspecified atom stereocenters. The van der Waals surface area contributed by atoms with Crippen LogP contribution in [0.2, 0.25) is 0 Å². The molecule has 8 heteroatoms. The van der Waals surface area contributed by atoms with Crippen molar-refractivity contribution in [3.63, 3.8) is 0 Å². The summed E-state index contributed by atoms with van der Waals surface area (Å²) in [6.45, 7) is 1.62. The van der Waals surface area contributed by atoms with Crippen molar-refractivity contribution < 1.29 is 39.8 Å². The Morgan fingerprint density at radius 2 is 1.59 bits per heavy atom. The molecule has 0 bridgehead atoms. The molecule has 9 atom stereocenters. The van der Waals surface area contributed by atoms with Gasteiger partial charge in [0.25, 0.3) is 0 Å². The van der Waals surface area contributed by atoms with E-state index in [0.717, 1.165) is 0 Å². The molecule has 8 nitrogen and oxygen atoms in total. The number of benzene rings is 1. The smallest absolute Gasteiger partial charge is 0.168 e. The van der Waals surface area contributed by atoms with Gasteiger partial charge in [-0.3, -0.25) is 4.79 Å². The lowest BCUT2D eigenvalue weighted by Crippen LogP contribution is -2.60. The lowest BCUT2D eigenvalue weighted by molar-refractivity contribution is -0.217. The van der Waals surface area contributed by atoms with Crippen molar-refractivity contribution >= 4 is 11.5 Å². The molecule has 0 aromatic heterocycles. The molecule has 1 saturated carbocycles. The Labute approximate surface area is 168 Å². The van der Waals surface area contributed by atoms with Gasteiger partial charge in [0, 0.05) is 30.4 Å². The lowest BCUT2D eigenvalue weighted by Gasteiger charge is -2.48. The molecule has 0 radical (unpaired) electrons. The van der Waals surface area contributed by atoms with Crippen LogP contribution in [0.5, 0.6) is 5.75 Å². The van der Waals surface area contributed by atoms with Gasteiger partial charge >= 0.3 is 0 Å². The third-order valence-electron chi connectivity index (χ3n) is 6.28. The average molecular weight is 406 g/mol. The van der Waals surface area contributed by atoms with E-state index in [1.54, 1.807) is 19.1 Å². The van der Waals surface area contributed by atoms with Crippen LogP contribution in [0.3, 0.4) is 0 Å². The molecule has 0 spiro atoms. The highest BCUT2D eigenvalue weighted by atomic mass is 16.5. The number of aromatic hydroxyl groups is 1. The number of rotatable bonds is 2. The number of carbonyl (C=O) groups excluding carboxylic acids is 1. The molecule has 1 aliphatic carbocycles. The third-order valence-corrected chi connectivity index (χ3v) is 6.28. The number of phenols is 1. The van der Waals surface area contributed by atoms with E-state index in [9.17, 15) is 30.3 Å². The Hall–Kier alpha value is -1.97. The first kappa shape index (κ1) is 20.3. The van der Waals surface area contributed by atoms with Gasteiger partial charge in [-0.2, -0.15) is 0 Å². The molecule has 1 aromatic carbocycles. The predicted molar refractivity (Wildman–Crippen MR) is 101 cm³/mol. The highest BCUT2D eigenvalue weighted by molar-refractivity contribution is 5.99. The van der Waals surface area contributed by atoms with Gasteiger partial charge in [-0.1, -0.05) is 0 Å². The summed E-state index contributed by atoms with van der Waals surface area (Å²) in [5, 5.41) is 51.0. The van der Waals surface area contributed by atoms with Crippen LogP contribution in [0.1, 0.15) is 25.3 Å². The van der Waals surface area contributed by atoms with Gasteiger partial charge in [0.2, 0.25) is 0 Å². The summed E-state index contributed by atoms with van der Waals surface area (Å²) in [7, 11) is 0. The summed E-state index contributed by atoms with van der Waals surface area (Å²) >= 11 is 0. The van der Waals surface area contributed by atoms with E-state index in [2.05, 4.69) is 0 Å². The number of carbonyl (C=O) groups is 1. The zero-order chi connectivity index (χ0) is 20.9. The molecule has 0 amide bonds. The average Bonchev–Trinajstić information content (AvgIpc) is 2.65. The molecule has 2 aliphatic heterocycles. The molecular weight excluding hydrogens is 380 g/mol. The normalized spacial score (nSPS) is 42.6. The highest BCUT2D eigenvalue weighted by Crippen LogP contribution is 2.42. The molecule has 5 N–H and O–H groups in total. The Balaban J connectivity index is 1.56. The van der Waals surface area contributed by atoms with E-state index < -0.39 is 54.6 Å². The molecule has 1 saturated heterocycles. The van der Waals surface area contributed by atoms with Gasteiger partial charge in [-0.25, -0.2) is 0 Å². The van der Waals surface area contributed by atoms with Crippen molar-refractivity contribution in [2.45, 2.75) is 62.5 Å². The summed E-state index contributed by atoms with van der Waals surface area (Å²) in [5.74, 6) is -1.52. The fourth-order valence-electron chi connectivity index (χ4n) is 4.72. The minimum absolute atomic E-state index is 0.0608. The van der Waals surface area contributed by atoms with E-state index in [1.165, 1.54) is 18.2 Å². The minimum Gasteiger partial charge on any atom is -0.508 e. The number of fused-ring (bicyclic) bond motifs is 1. The predicted octanol–water partition coefficient (Wildman–Crippen LogP) is -0.0419. The SMILES string of the molecule is C[C@H]1O[C@@H]([C@H]2[C@@H](O)[C@@H]3C(=O)C=C(c4ccc(O)cc4)O[C@H]3C[C@H]2O)C[C@H](O)[C@@H]1O. The first-order valence-electron chi connectivity index (χ1n) is 9.85. The number of ether oxygens (including phenoxy) is 2. The Morgan fingerprint density at radius 1 is 0.931 bits per heavy atom. The number of hydrogen-bond donors (Lipinski definition) is 5. The van der Waals surface area contributed by atoms with Gasteiger partial charge in [0.1, 0.15) is 23.7 Å². The van der Waals surface area contributed by atoms with Crippen molar-refractivity contribution in [3.05, 3.63) is 35.9 Å². The summed E-state index contributed by atoms with van der Waals surface area (Å²) in [6, 6.07) is 6.21. The fraction of sp³-hybridized carbons (Fsp3) is 0.571. The molecule has 2 fully saturated rings. The number of aliphatic hydroxyl groups excluding tert-OH is 4. The maximum absolute atomic E-state index is 12.8. The van der Waals surface area contributed by atoms with Crippen LogP contribution < -0.4 is 0 Å². The zero-order valence-electron chi connectivity index (χ0n) is 16.0. The van der Waals surface area contributed by atoms with E-state index in [4.69, 9.17) is 9.47 Å². The summed E-state index contributed by atoms with van der Waals surface area (Å²) in [5.41, 5.74) is 0.613. The topological polar surface area (TPSA) is 137 Å². The summed E-state index contributed by atoms with van der Waals surface area (Å²) in [4.78, 5) is 12.8. The zero-order valence-corrected chi connectivity index (χ0v) is 16.0. The standard InChI is InChI=1S/C21H26O8/c1-9-20(26)14(25)8-16(28-9)18-13(24)7-17-19(21(18)27)12(23)6-15(29-17)10-2-4-11(22)5-3-10/h2-6,9,13-14,16-22,24-27H,7-8H2,1H3/t9-,13-,14+,16-,17+,18+,19-,20-,21-/m1/s1. The van der Waals surface area contributed by atoms with E-state index in [1.807, 2.05) is 0 Å². The Kier molecular flexibility index (Phi) is 5.39. The highest BCUT2D eigenvalue weighted by Gasteiger charge is 2.53. The van der Waals surface area contributed by atoms with Crippen LogP contribution in [0.25, 0.3) is 5.76 Å². The number of allylic oxidation sites excluding steroid dienone is 1. The van der Waals surface area contributed by atoms with Crippen molar-refractivity contribution in [3.8, 4) is 5.75 Å². The number of phenolic OH excluding ortho intramolecular Hbond substituents is 1. The quantitative estimate of drug-likeness (QED) is 0.461. The molecule has 1 aromatic rings. The second kappa shape index (κ2) is 7.70. The third kappa shape index (κ3) is 3.67. The summed E-state index contributed by atoms with van der Waals surface area (Å²) < 4.78 is 11.7. The summed E-state index contributed by atoms with van der Waals surface area (Å²) in [6.07, 6.45) is -4.81. The van der Waals surface area contributed by atoms with Crippen molar-refractivity contribution in [1.82, 2.24) is 0 Å². The molecular formula is C21H26O8. The Morgan fingerprint density at radius 3 is 2.24 bits per heavy atom. The molecule has 29 heavy (non-hydrogen) atoms. The van der Waals surface area contributed by atoms with Gasteiger partial charge in [-0.05, 0) is 31.2 Å². The number of aliphatic hydroxyl groups is 4. The monoisotopic (exact) mass is 406 g/mol. The fourth-order valence-corrected chi connectivity index (χ4v) is 4.72. The van der Waals surface area contributed by atoms with Gasteiger partial charge in [-0.15, -0.1) is 0 Å². The number of hydrogen-bond acceptors (Lipinski definition) is 8. The molecule has 4 rings (SSSR count). The van der Waals surface area contributed by atoms with Crippen LogP contribution in [0.4, 0.5) is 0 Å². The van der Waals surface area contributed by atoms with Crippen molar-refractivity contribution in [2.24, 2.45) is 11.8 Å². The second-order valence-electron chi connectivity index (χ2n) is 8.18. The first-order valence-corrected chi connectivity index (χ1v) is 9.85. The van der Waals surface area contributed by atoms with E-state index in [0.29, 0.717) is 11.3 Å². The van der Waals surface area contributed by atoms with Crippen LogP contribution in [0.15, 0.2) is 30.3 Å². The maximum Gasteiger partial charge on any atom is 0.168 e. The van der Waals surface area contributed by atoms with Crippen LogP contribution in [-0.4, -0.2) is 74.0 Å². The first-order chi connectivity index (χ1) is 13.8. The van der Waals surface area contributed by atoms with Crippen LogP contribution in [0, 0.1) is 11.8 Å². The lowest BCUT2D eigenvalue weighted by atomic mass is 9.69. The molecule has 2 heterocycles. The maximum atomic E-state index is 12.8. The minimum atomic E-state index is -1.21. The van der Waals surface area contributed by atoms with Gasteiger partial charge in [0.15, 0.2) is 5.78 Å². The molecule has 158 valence electrons. The van der Waals surface area contributed by atoms with Crippen molar-refractivity contribution in [1.29, 1.82) is 0 Å². The van der Waals surface area contributed by atoms with Crippen LogP contribution >= 0.6 is 0 Å². The van der Waals surface area contributed by atoms with E-state index >= 15 is 0 Å². The van der Waals surface area contributed by atoms with Gasteiger partial charge in [0.05, 0.1) is 36.4 Å². The largest absolute Gasteiger partial charge is 0.508 e. The van der Waals surface area contributed by atoms with Gasteiger partial charge < -0.3 is 35.0 Å².